The summed E-state index contributed by atoms with van der Waals surface area (Å²) in [6.07, 6.45) is 1.72. The van der Waals surface area contributed by atoms with Gasteiger partial charge in [0.25, 0.3) is 0 Å². The van der Waals surface area contributed by atoms with Crippen molar-refractivity contribution in [1.82, 2.24) is 0 Å². The second kappa shape index (κ2) is 9.21. The summed E-state index contributed by atoms with van der Waals surface area (Å²) in [7, 11) is 1.66. The van der Waals surface area contributed by atoms with Crippen LogP contribution in [0, 0.1) is 0 Å². The van der Waals surface area contributed by atoms with Gasteiger partial charge in [-0.3, -0.25) is 0 Å². The van der Waals surface area contributed by atoms with Crippen LogP contribution in [0.25, 0.3) is 0 Å². The Morgan fingerprint density at radius 3 is 2.13 bits per heavy atom. The van der Waals surface area contributed by atoms with Gasteiger partial charge in [0.1, 0.15) is 6.10 Å². The van der Waals surface area contributed by atoms with Gasteiger partial charge in [-0.1, -0.05) is 56.3 Å². The van der Waals surface area contributed by atoms with Gasteiger partial charge < -0.3 is 14.2 Å². The standard InChI is InChI=1S/C20H26O3/c1-4-15-22-17(5-2)20(16-11-7-6-8-12-16)23-19-14-10-9-13-18(19)21-3/h6-14,17,20H,4-5,15H2,1-3H3/t17-,20-/m0/s1. The molecule has 2 rings (SSSR count). The molecule has 2 aromatic rings. The molecule has 0 heterocycles. The first-order valence-corrected chi connectivity index (χ1v) is 8.26. The average Bonchev–Trinajstić information content (AvgIpc) is 2.62. The maximum atomic E-state index is 6.32. The van der Waals surface area contributed by atoms with Gasteiger partial charge >= 0.3 is 0 Å². The van der Waals surface area contributed by atoms with E-state index in [0.717, 1.165) is 36.5 Å². The molecule has 0 aliphatic heterocycles. The van der Waals surface area contributed by atoms with E-state index < -0.39 is 0 Å². The summed E-state index contributed by atoms with van der Waals surface area (Å²) in [5.41, 5.74) is 1.11. The average molecular weight is 314 g/mol. The molecule has 0 saturated carbocycles. The predicted molar refractivity (Wildman–Crippen MR) is 93.1 cm³/mol. The van der Waals surface area contributed by atoms with Crippen LogP contribution in [0.1, 0.15) is 38.4 Å². The number of rotatable bonds is 9. The third-order valence-corrected chi connectivity index (χ3v) is 3.73. The summed E-state index contributed by atoms with van der Waals surface area (Å²) in [6, 6.07) is 18.0. The molecule has 0 N–H and O–H groups in total. The maximum absolute atomic E-state index is 6.32. The van der Waals surface area contributed by atoms with E-state index in [-0.39, 0.29) is 12.2 Å². The van der Waals surface area contributed by atoms with Crippen molar-refractivity contribution in [3.05, 3.63) is 60.2 Å². The fraction of sp³-hybridized carbons (Fsp3) is 0.400. The molecule has 124 valence electrons. The summed E-state index contributed by atoms with van der Waals surface area (Å²) in [5, 5.41) is 0. The number of benzene rings is 2. The van der Waals surface area contributed by atoms with Gasteiger partial charge in [-0.15, -0.1) is 0 Å². The molecular weight excluding hydrogens is 288 g/mol. The highest BCUT2D eigenvalue weighted by molar-refractivity contribution is 5.40. The topological polar surface area (TPSA) is 27.7 Å². The zero-order chi connectivity index (χ0) is 16.5. The lowest BCUT2D eigenvalue weighted by molar-refractivity contribution is -0.0295. The predicted octanol–water partition coefficient (Wildman–Crippen LogP) is 5.02. The Morgan fingerprint density at radius 2 is 1.52 bits per heavy atom. The quantitative estimate of drug-likeness (QED) is 0.650. The summed E-state index contributed by atoms with van der Waals surface area (Å²) < 4.78 is 17.8. The van der Waals surface area contributed by atoms with Crippen molar-refractivity contribution in [3.8, 4) is 11.5 Å². The maximum Gasteiger partial charge on any atom is 0.162 e. The Bertz CT molecular complexity index is 568. The number of hydrogen-bond donors (Lipinski definition) is 0. The minimum absolute atomic E-state index is 0.00209. The van der Waals surface area contributed by atoms with E-state index in [4.69, 9.17) is 14.2 Å². The highest BCUT2D eigenvalue weighted by atomic mass is 16.6. The third kappa shape index (κ3) is 4.73. The van der Waals surface area contributed by atoms with Gasteiger partial charge in [-0.25, -0.2) is 0 Å². The summed E-state index contributed by atoms with van der Waals surface area (Å²) in [6.45, 7) is 4.98. The van der Waals surface area contributed by atoms with Gasteiger partial charge in [0, 0.05) is 6.61 Å². The van der Waals surface area contributed by atoms with E-state index in [0.29, 0.717) is 0 Å². The fourth-order valence-electron chi connectivity index (χ4n) is 2.54. The van der Waals surface area contributed by atoms with Crippen molar-refractivity contribution >= 4 is 0 Å². The van der Waals surface area contributed by atoms with Gasteiger partial charge in [-0.05, 0) is 30.5 Å². The third-order valence-electron chi connectivity index (χ3n) is 3.73. The molecule has 2 atom stereocenters. The number of methoxy groups -OCH3 is 1. The van der Waals surface area contributed by atoms with E-state index in [9.17, 15) is 0 Å². The lowest BCUT2D eigenvalue weighted by Gasteiger charge is -2.28. The lowest BCUT2D eigenvalue weighted by atomic mass is 10.0. The van der Waals surface area contributed by atoms with Gasteiger partial charge in [0.15, 0.2) is 11.5 Å². The van der Waals surface area contributed by atoms with Crippen LogP contribution in [-0.4, -0.2) is 19.8 Å². The van der Waals surface area contributed by atoms with Crippen molar-refractivity contribution in [3.63, 3.8) is 0 Å². The normalized spacial score (nSPS) is 13.3. The van der Waals surface area contributed by atoms with E-state index in [1.165, 1.54) is 0 Å². The van der Waals surface area contributed by atoms with Crippen LogP contribution in [-0.2, 0) is 4.74 Å². The summed E-state index contributed by atoms with van der Waals surface area (Å²) in [4.78, 5) is 0. The zero-order valence-corrected chi connectivity index (χ0v) is 14.2. The monoisotopic (exact) mass is 314 g/mol. The first kappa shape index (κ1) is 17.4. The molecule has 0 amide bonds. The lowest BCUT2D eigenvalue weighted by Crippen LogP contribution is -2.27. The molecular formula is C20H26O3. The molecule has 23 heavy (non-hydrogen) atoms. The van der Waals surface area contributed by atoms with Crippen LogP contribution in [0.15, 0.2) is 54.6 Å². The van der Waals surface area contributed by atoms with Crippen LogP contribution in [0.5, 0.6) is 11.5 Å². The van der Waals surface area contributed by atoms with E-state index in [1.807, 2.05) is 42.5 Å². The minimum Gasteiger partial charge on any atom is -0.493 e. The first-order chi connectivity index (χ1) is 11.3. The van der Waals surface area contributed by atoms with Crippen molar-refractivity contribution in [2.45, 2.75) is 38.9 Å². The molecule has 3 nitrogen and oxygen atoms in total. The molecule has 0 unspecified atom stereocenters. The SMILES string of the molecule is CCCO[C@@H](CC)[C@@H](Oc1ccccc1OC)c1ccccc1. The largest absolute Gasteiger partial charge is 0.493 e. The number of ether oxygens (including phenoxy) is 3. The van der Waals surface area contributed by atoms with E-state index >= 15 is 0 Å². The van der Waals surface area contributed by atoms with Crippen molar-refractivity contribution < 1.29 is 14.2 Å². The zero-order valence-electron chi connectivity index (χ0n) is 14.2. The summed E-state index contributed by atoms with van der Waals surface area (Å²) >= 11 is 0. The second-order valence-electron chi connectivity index (χ2n) is 5.42. The van der Waals surface area contributed by atoms with Gasteiger partial charge in [-0.2, -0.15) is 0 Å². The Morgan fingerprint density at radius 1 is 0.870 bits per heavy atom. The van der Waals surface area contributed by atoms with Crippen molar-refractivity contribution in [1.29, 1.82) is 0 Å². The van der Waals surface area contributed by atoms with Crippen LogP contribution >= 0.6 is 0 Å². The highest BCUT2D eigenvalue weighted by Gasteiger charge is 2.25. The van der Waals surface area contributed by atoms with Crippen LogP contribution in [0.2, 0.25) is 0 Å². The molecule has 0 aliphatic rings. The van der Waals surface area contributed by atoms with E-state index in [1.54, 1.807) is 7.11 Å². The molecule has 0 fully saturated rings. The minimum atomic E-state index is -0.163. The highest BCUT2D eigenvalue weighted by Crippen LogP contribution is 2.33. The Kier molecular flexibility index (Phi) is 6.95. The van der Waals surface area contributed by atoms with Crippen molar-refractivity contribution in [2.75, 3.05) is 13.7 Å². The van der Waals surface area contributed by atoms with Gasteiger partial charge in [0.2, 0.25) is 0 Å². The van der Waals surface area contributed by atoms with Crippen LogP contribution < -0.4 is 9.47 Å². The molecule has 2 aromatic carbocycles. The number of para-hydroxylation sites is 2. The smallest absolute Gasteiger partial charge is 0.162 e. The second-order valence-corrected chi connectivity index (χ2v) is 5.42. The Labute approximate surface area is 139 Å². The van der Waals surface area contributed by atoms with Crippen LogP contribution in [0.4, 0.5) is 0 Å². The molecule has 0 bridgehead atoms. The van der Waals surface area contributed by atoms with Crippen LogP contribution in [0.3, 0.4) is 0 Å². The molecule has 0 saturated heterocycles. The van der Waals surface area contributed by atoms with Crippen molar-refractivity contribution in [2.24, 2.45) is 0 Å². The van der Waals surface area contributed by atoms with Gasteiger partial charge in [0.05, 0.1) is 13.2 Å². The number of hydrogen-bond acceptors (Lipinski definition) is 3. The molecule has 0 aromatic heterocycles. The summed E-state index contributed by atoms with van der Waals surface area (Å²) in [5.74, 6) is 1.47. The molecule has 0 radical (unpaired) electrons. The molecule has 3 heteroatoms. The Balaban J connectivity index is 2.29. The molecule has 0 aliphatic carbocycles. The first-order valence-electron chi connectivity index (χ1n) is 8.26. The molecule has 0 spiro atoms. The Hall–Kier alpha value is -2.00. The fourth-order valence-corrected chi connectivity index (χ4v) is 2.54. The van der Waals surface area contributed by atoms with E-state index in [2.05, 4.69) is 26.0 Å².